The average molecular weight is 405 g/mol. The molecule has 0 amide bonds. The van der Waals surface area contributed by atoms with E-state index in [0.717, 1.165) is 16.6 Å². The minimum absolute atomic E-state index is 0.0393. The molecule has 1 aromatic carbocycles. The van der Waals surface area contributed by atoms with Crippen molar-refractivity contribution in [3.8, 4) is 0 Å². The number of hydrogen-bond acceptors (Lipinski definition) is 4. The number of benzene rings is 1. The zero-order valence-electron chi connectivity index (χ0n) is 9.10. The lowest BCUT2D eigenvalue weighted by Crippen LogP contribution is -2.25. The van der Waals surface area contributed by atoms with Gasteiger partial charge in [-0.15, -0.1) is 0 Å². The molecule has 1 rings (SSSR count). The van der Waals surface area contributed by atoms with Crippen molar-refractivity contribution in [2.45, 2.75) is 11.3 Å². The fraction of sp³-hybridized carbons (Fsp3) is 0.333. The molecule has 6 nitrogen and oxygen atoms in total. The van der Waals surface area contributed by atoms with Crippen LogP contribution in [0.5, 0.6) is 0 Å². The van der Waals surface area contributed by atoms with Gasteiger partial charge in [-0.1, -0.05) is 34.2 Å². The Morgan fingerprint density at radius 3 is 2.67 bits per heavy atom. The third kappa shape index (κ3) is 4.04. The van der Waals surface area contributed by atoms with Crippen LogP contribution in [0, 0.1) is 10.1 Å². The lowest BCUT2D eigenvalue weighted by atomic mass is 10.3. The molecular weight excluding hydrogens is 395 g/mol. The molecule has 0 aliphatic rings. The molecule has 0 saturated carbocycles. The summed E-state index contributed by atoms with van der Waals surface area (Å²) in [4.78, 5) is 9.66. The largest absolute Gasteiger partial charge is 0.270 e. The predicted octanol–water partition coefficient (Wildman–Crippen LogP) is 2.35. The van der Waals surface area contributed by atoms with Gasteiger partial charge >= 0.3 is 0 Å². The highest BCUT2D eigenvalue weighted by Gasteiger charge is 2.20. The Balaban J connectivity index is 3.07. The molecule has 100 valence electrons. The van der Waals surface area contributed by atoms with Crippen molar-refractivity contribution in [1.29, 1.82) is 0 Å². The van der Waals surface area contributed by atoms with Crippen molar-refractivity contribution in [2.24, 2.45) is 0 Å². The van der Waals surface area contributed by atoms with Crippen molar-refractivity contribution < 1.29 is 13.3 Å². The summed E-state index contributed by atoms with van der Waals surface area (Å²) in [6, 6.07) is 3.31. The van der Waals surface area contributed by atoms with Gasteiger partial charge in [0.2, 0.25) is 10.0 Å². The predicted molar refractivity (Wildman–Crippen MR) is 76.8 cm³/mol. The fourth-order valence-electron chi connectivity index (χ4n) is 1.16. The van der Waals surface area contributed by atoms with Crippen LogP contribution in [-0.2, 0) is 10.0 Å². The van der Waals surface area contributed by atoms with Crippen molar-refractivity contribution in [2.75, 3.05) is 11.0 Å². The number of nitro benzene ring substituents is 1. The number of nitro groups is 1. The molecule has 9 heteroatoms. The third-order valence-corrected chi connectivity index (χ3v) is 4.72. The smallest absolute Gasteiger partial charge is 0.258 e. The maximum Gasteiger partial charge on any atom is 0.270 e. The number of hydrogen-bond donors (Lipinski definition) is 1. The number of sulfonamides is 1. The van der Waals surface area contributed by atoms with Crippen LogP contribution in [-0.4, -0.2) is 24.3 Å². The minimum Gasteiger partial charge on any atom is -0.258 e. The van der Waals surface area contributed by atoms with E-state index in [2.05, 4.69) is 27.3 Å². The molecule has 1 aromatic rings. The topological polar surface area (TPSA) is 89.3 Å². The highest BCUT2D eigenvalue weighted by atomic mass is 127. The van der Waals surface area contributed by atoms with E-state index in [1.807, 2.05) is 0 Å². The van der Waals surface area contributed by atoms with Gasteiger partial charge in [-0.25, -0.2) is 13.1 Å². The quantitative estimate of drug-likeness (QED) is 0.259. The van der Waals surface area contributed by atoms with Gasteiger partial charge in [-0.3, -0.25) is 10.1 Å². The van der Waals surface area contributed by atoms with E-state index in [1.54, 1.807) is 0 Å². The molecule has 0 saturated heterocycles. The lowest BCUT2D eigenvalue weighted by molar-refractivity contribution is -0.385. The summed E-state index contributed by atoms with van der Waals surface area (Å²) < 4.78 is 26.9. The molecular formula is C9H10ClIN2O4S. The van der Waals surface area contributed by atoms with E-state index in [9.17, 15) is 18.5 Å². The molecule has 0 aliphatic carbocycles. The second kappa shape index (κ2) is 6.64. The first-order valence-corrected chi connectivity index (χ1v) is 8.26. The Hall–Kier alpha value is -0.450. The van der Waals surface area contributed by atoms with E-state index >= 15 is 0 Å². The monoisotopic (exact) mass is 404 g/mol. The number of nitrogens with zero attached hydrogens (tertiary/aromatic N) is 1. The van der Waals surface area contributed by atoms with Gasteiger partial charge in [0.25, 0.3) is 5.69 Å². The molecule has 0 spiro atoms. The van der Waals surface area contributed by atoms with Gasteiger partial charge in [-0.05, 0) is 12.5 Å². The van der Waals surface area contributed by atoms with Crippen LogP contribution in [0.1, 0.15) is 6.42 Å². The highest BCUT2D eigenvalue weighted by molar-refractivity contribution is 14.1. The summed E-state index contributed by atoms with van der Waals surface area (Å²) in [7, 11) is -3.81. The highest BCUT2D eigenvalue weighted by Crippen LogP contribution is 2.25. The van der Waals surface area contributed by atoms with Crippen LogP contribution in [0.15, 0.2) is 23.1 Å². The van der Waals surface area contributed by atoms with Gasteiger partial charge in [0.05, 0.1) is 9.95 Å². The molecule has 18 heavy (non-hydrogen) atoms. The minimum atomic E-state index is -3.81. The van der Waals surface area contributed by atoms with E-state index in [-0.39, 0.29) is 22.2 Å². The Kier molecular flexibility index (Phi) is 5.76. The Labute approximate surface area is 123 Å². The van der Waals surface area contributed by atoms with Crippen molar-refractivity contribution >= 4 is 49.9 Å². The van der Waals surface area contributed by atoms with Gasteiger partial charge in [0.15, 0.2) is 0 Å². The summed E-state index contributed by atoms with van der Waals surface area (Å²) in [6.45, 7) is 0.268. The first kappa shape index (κ1) is 15.6. The lowest BCUT2D eigenvalue weighted by Gasteiger charge is -2.07. The molecule has 0 radical (unpaired) electrons. The zero-order valence-corrected chi connectivity index (χ0v) is 12.8. The summed E-state index contributed by atoms with van der Waals surface area (Å²) >= 11 is 7.88. The van der Waals surface area contributed by atoms with Crippen LogP contribution in [0.4, 0.5) is 5.69 Å². The number of non-ortho nitro benzene ring substituents is 1. The maximum atomic E-state index is 11.9. The number of halogens is 2. The SMILES string of the molecule is O=[N+]([O-])c1ccc(Cl)c(S(=O)(=O)NCCCI)c1. The zero-order chi connectivity index (χ0) is 13.8. The number of alkyl halides is 1. The van der Waals surface area contributed by atoms with Crippen LogP contribution in [0.2, 0.25) is 5.02 Å². The Morgan fingerprint density at radius 1 is 1.44 bits per heavy atom. The van der Waals surface area contributed by atoms with E-state index in [4.69, 9.17) is 11.6 Å². The van der Waals surface area contributed by atoms with Crippen LogP contribution in [0.3, 0.4) is 0 Å². The summed E-state index contributed by atoms with van der Waals surface area (Å²) in [5.41, 5.74) is -0.311. The molecule has 0 fully saturated rings. The number of rotatable bonds is 6. The van der Waals surface area contributed by atoms with Crippen molar-refractivity contribution in [3.63, 3.8) is 0 Å². The van der Waals surface area contributed by atoms with E-state index in [1.165, 1.54) is 6.07 Å². The fourth-order valence-corrected chi connectivity index (χ4v) is 3.14. The van der Waals surface area contributed by atoms with Crippen molar-refractivity contribution in [1.82, 2.24) is 4.72 Å². The van der Waals surface area contributed by atoms with Crippen molar-refractivity contribution in [3.05, 3.63) is 33.3 Å². The third-order valence-electron chi connectivity index (χ3n) is 2.02. The maximum absolute atomic E-state index is 11.9. The second-order valence-electron chi connectivity index (χ2n) is 3.31. The van der Waals surface area contributed by atoms with Gasteiger partial charge in [0.1, 0.15) is 4.90 Å². The molecule has 0 aliphatic heterocycles. The Bertz CT molecular complexity index is 549. The molecule has 0 aromatic heterocycles. The molecule has 0 heterocycles. The summed E-state index contributed by atoms with van der Waals surface area (Å²) in [6.07, 6.45) is 0.673. The van der Waals surface area contributed by atoms with E-state index in [0.29, 0.717) is 6.42 Å². The Morgan fingerprint density at radius 2 is 2.11 bits per heavy atom. The average Bonchev–Trinajstić information content (AvgIpc) is 2.29. The van der Waals surface area contributed by atoms with Gasteiger partial charge in [-0.2, -0.15) is 0 Å². The first-order chi connectivity index (χ1) is 8.38. The second-order valence-corrected chi connectivity index (χ2v) is 6.53. The first-order valence-electron chi connectivity index (χ1n) is 4.88. The molecule has 0 unspecified atom stereocenters. The molecule has 0 bridgehead atoms. The van der Waals surface area contributed by atoms with Crippen LogP contribution in [0.25, 0.3) is 0 Å². The molecule has 0 atom stereocenters. The van der Waals surface area contributed by atoms with Crippen LogP contribution >= 0.6 is 34.2 Å². The summed E-state index contributed by atoms with van der Waals surface area (Å²) in [5, 5.41) is 10.6. The normalized spacial score (nSPS) is 11.4. The van der Waals surface area contributed by atoms with E-state index < -0.39 is 14.9 Å². The standard InChI is InChI=1S/C9H10ClIN2O4S/c10-8-3-2-7(13(14)15)6-9(8)18(16,17)12-5-1-4-11/h2-3,6,12H,1,4-5H2. The summed E-state index contributed by atoms with van der Waals surface area (Å²) in [5.74, 6) is 0. The van der Waals surface area contributed by atoms with Crippen LogP contribution < -0.4 is 4.72 Å². The molecule has 1 N–H and O–H groups in total. The van der Waals surface area contributed by atoms with Gasteiger partial charge in [0, 0.05) is 23.1 Å². The number of nitrogens with one attached hydrogen (secondary N) is 1. The van der Waals surface area contributed by atoms with Gasteiger partial charge < -0.3 is 0 Å².